The van der Waals surface area contributed by atoms with Crippen LogP contribution >= 0.6 is 0 Å². The van der Waals surface area contributed by atoms with Crippen LogP contribution in [0.4, 0.5) is 0 Å². The van der Waals surface area contributed by atoms with Gasteiger partial charge in [0, 0.05) is 25.9 Å². The Morgan fingerprint density at radius 3 is 2.76 bits per heavy atom. The molecule has 6 heteroatoms. The van der Waals surface area contributed by atoms with Gasteiger partial charge in [0.05, 0.1) is 29.0 Å². The van der Waals surface area contributed by atoms with Gasteiger partial charge in [0.1, 0.15) is 5.82 Å². The number of nitrogens with zero attached hydrogens (tertiary/aromatic N) is 4. The molecule has 0 aliphatic heterocycles. The summed E-state index contributed by atoms with van der Waals surface area (Å²) in [6.07, 6.45) is 7.17. The highest BCUT2D eigenvalue weighted by Gasteiger charge is 2.13. The van der Waals surface area contributed by atoms with Crippen molar-refractivity contribution < 1.29 is 0 Å². The topological polar surface area (TPSA) is 81.7 Å². The van der Waals surface area contributed by atoms with E-state index in [0.29, 0.717) is 0 Å². The second-order valence-electron chi connectivity index (χ2n) is 5.00. The number of hydrogen-bond donors (Lipinski definition) is 2. The minimum Gasteiger partial charge on any atom is -0.338 e. The number of fused-ring (bicyclic) bond motifs is 1. The van der Waals surface area contributed by atoms with Gasteiger partial charge < -0.3 is 4.57 Å². The third-order valence-electron chi connectivity index (χ3n) is 3.60. The van der Waals surface area contributed by atoms with Crippen molar-refractivity contribution in [3.8, 4) is 0 Å². The Bertz CT molecular complexity index is 736. The maximum Gasteiger partial charge on any atom is 0.108 e. The molecule has 3 aromatic rings. The molecule has 0 saturated carbocycles. The van der Waals surface area contributed by atoms with Gasteiger partial charge in [-0.2, -0.15) is 0 Å². The van der Waals surface area contributed by atoms with E-state index in [-0.39, 0.29) is 6.04 Å². The van der Waals surface area contributed by atoms with E-state index < -0.39 is 0 Å². The molecule has 1 unspecified atom stereocenters. The minimum absolute atomic E-state index is 0.0428. The van der Waals surface area contributed by atoms with Crippen LogP contribution in [0.5, 0.6) is 0 Å². The van der Waals surface area contributed by atoms with Crippen LogP contribution in [0.25, 0.3) is 11.0 Å². The number of aromatic nitrogens is 4. The van der Waals surface area contributed by atoms with Crippen molar-refractivity contribution in [2.24, 2.45) is 12.9 Å². The molecule has 2 aromatic heterocycles. The van der Waals surface area contributed by atoms with Crippen molar-refractivity contribution >= 4 is 11.0 Å². The van der Waals surface area contributed by atoms with Gasteiger partial charge in [-0.1, -0.05) is 12.1 Å². The number of hydrogen-bond acceptors (Lipinski definition) is 5. The molecule has 1 aromatic carbocycles. The van der Waals surface area contributed by atoms with E-state index in [1.54, 1.807) is 12.4 Å². The normalized spacial score (nSPS) is 12.7. The molecule has 0 aliphatic rings. The molecule has 0 saturated heterocycles. The summed E-state index contributed by atoms with van der Waals surface area (Å²) in [6.45, 7) is 0. The Hall–Kier alpha value is -2.31. The molecule has 0 spiro atoms. The van der Waals surface area contributed by atoms with Crippen LogP contribution in [0.3, 0.4) is 0 Å². The van der Waals surface area contributed by atoms with Gasteiger partial charge in [-0.25, -0.2) is 9.97 Å². The monoisotopic (exact) mass is 282 g/mol. The van der Waals surface area contributed by atoms with Crippen LogP contribution in [0.1, 0.15) is 24.0 Å². The zero-order valence-electron chi connectivity index (χ0n) is 11.9. The molecule has 3 N–H and O–H groups in total. The zero-order chi connectivity index (χ0) is 14.7. The molecular weight excluding hydrogens is 264 g/mol. The second kappa shape index (κ2) is 5.99. The SMILES string of the molecule is Cn1ccnc1CCC(NN)c1cnc2ccccc2n1. The lowest BCUT2D eigenvalue weighted by atomic mass is 10.1. The van der Waals surface area contributed by atoms with Crippen molar-refractivity contribution in [2.45, 2.75) is 18.9 Å². The fraction of sp³-hybridized carbons (Fsp3) is 0.267. The number of imidazole rings is 1. The first-order valence-electron chi connectivity index (χ1n) is 6.92. The molecule has 2 heterocycles. The molecule has 6 nitrogen and oxygen atoms in total. The first-order valence-corrected chi connectivity index (χ1v) is 6.92. The summed E-state index contributed by atoms with van der Waals surface area (Å²) in [7, 11) is 1.99. The van der Waals surface area contributed by atoms with E-state index in [1.807, 2.05) is 42.1 Å². The van der Waals surface area contributed by atoms with Crippen LogP contribution in [0, 0.1) is 0 Å². The van der Waals surface area contributed by atoms with Crippen molar-refractivity contribution in [1.82, 2.24) is 24.9 Å². The summed E-state index contributed by atoms with van der Waals surface area (Å²) >= 11 is 0. The maximum absolute atomic E-state index is 5.68. The third kappa shape index (κ3) is 2.91. The molecule has 108 valence electrons. The van der Waals surface area contributed by atoms with Gasteiger partial charge in [-0.05, 0) is 18.6 Å². The summed E-state index contributed by atoms with van der Waals surface area (Å²) in [5.74, 6) is 6.71. The van der Waals surface area contributed by atoms with Crippen LogP contribution < -0.4 is 11.3 Å². The first-order chi connectivity index (χ1) is 10.3. The van der Waals surface area contributed by atoms with E-state index in [4.69, 9.17) is 5.84 Å². The highest BCUT2D eigenvalue weighted by molar-refractivity contribution is 5.73. The fourth-order valence-corrected chi connectivity index (χ4v) is 2.37. The number of rotatable bonds is 5. The van der Waals surface area contributed by atoms with E-state index in [2.05, 4.69) is 20.4 Å². The lowest BCUT2D eigenvalue weighted by Crippen LogP contribution is -2.29. The van der Waals surface area contributed by atoms with Crippen molar-refractivity contribution in [3.05, 3.63) is 54.4 Å². The van der Waals surface area contributed by atoms with Crippen LogP contribution in [0.2, 0.25) is 0 Å². The van der Waals surface area contributed by atoms with Crippen molar-refractivity contribution in [2.75, 3.05) is 0 Å². The Morgan fingerprint density at radius 2 is 2.05 bits per heavy atom. The number of hydrazine groups is 1. The molecule has 21 heavy (non-hydrogen) atoms. The minimum atomic E-state index is -0.0428. The lowest BCUT2D eigenvalue weighted by Gasteiger charge is -2.15. The predicted molar refractivity (Wildman–Crippen MR) is 81.1 cm³/mol. The summed E-state index contributed by atoms with van der Waals surface area (Å²) in [6, 6.07) is 7.78. The number of benzene rings is 1. The summed E-state index contributed by atoms with van der Waals surface area (Å²) < 4.78 is 2.01. The van der Waals surface area contributed by atoms with E-state index >= 15 is 0 Å². The Kier molecular flexibility index (Phi) is 3.89. The highest BCUT2D eigenvalue weighted by atomic mass is 15.2. The summed E-state index contributed by atoms with van der Waals surface area (Å²) in [5.41, 5.74) is 5.45. The number of para-hydroxylation sites is 2. The number of nitrogens with one attached hydrogen (secondary N) is 1. The van der Waals surface area contributed by atoms with Crippen LogP contribution in [0.15, 0.2) is 42.9 Å². The third-order valence-corrected chi connectivity index (χ3v) is 3.60. The average molecular weight is 282 g/mol. The maximum atomic E-state index is 5.68. The molecular formula is C15H18N6. The zero-order valence-corrected chi connectivity index (χ0v) is 11.9. The van der Waals surface area contributed by atoms with Crippen LogP contribution in [-0.2, 0) is 13.5 Å². The standard InChI is InChI=1S/C15H18N6/c1-21-9-8-17-15(21)7-6-13(20-16)14-10-18-11-4-2-3-5-12(11)19-14/h2-5,8-10,13,20H,6-7,16H2,1H3. The molecule has 0 amide bonds. The molecule has 3 rings (SSSR count). The molecule has 0 fully saturated rings. The lowest BCUT2D eigenvalue weighted by molar-refractivity contribution is 0.495. The quantitative estimate of drug-likeness (QED) is 0.547. The van der Waals surface area contributed by atoms with E-state index in [9.17, 15) is 0 Å². The summed E-state index contributed by atoms with van der Waals surface area (Å²) in [4.78, 5) is 13.4. The largest absolute Gasteiger partial charge is 0.338 e. The number of aryl methyl sites for hydroxylation is 2. The first kappa shape index (κ1) is 13.7. The van der Waals surface area contributed by atoms with Gasteiger partial charge in [-0.15, -0.1) is 0 Å². The van der Waals surface area contributed by atoms with E-state index in [1.165, 1.54) is 0 Å². The summed E-state index contributed by atoms with van der Waals surface area (Å²) in [5, 5.41) is 0. The van der Waals surface area contributed by atoms with Crippen molar-refractivity contribution in [1.29, 1.82) is 0 Å². The molecule has 1 atom stereocenters. The highest BCUT2D eigenvalue weighted by Crippen LogP contribution is 2.18. The fourth-order valence-electron chi connectivity index (χ4n) is 2.37. The Labute approximate surface area is 123 Å². The Balaban J connectivity index is 1.79. The molecule has 0 aliphatic carbocycles. The Morgan fingerprint density at radius 1 is 1.24 bits per heavy atom. The van der Waals surface area contributed by atoms with Crippen LogP contribution in [-0.4, -0.2) is 19.5 Å². The van der Waals surface area contributed by atoms with Gasteiger partial charge >= 0.3 is 0 Å². The van der Waals surface area contributed by atoms with E-state index in [0.717, 1.165) is 35.4 Å². The second-order valence-corrected chi connectivity index (χ2v) is 5.00. The van der Waals surface area contributed by atoms with Gasteiger partial charge in [0.2, 0.25) is 0 Å². The number of nitrogens with two attached hydrogens (primary N) is 1. The van der Waals surface area contributed by atoms with Crippen molar-refractivity contribution in [3.63, 3.8) is 0 Å². The predicted octanol–water partition coefficient (Wildman–Crippen LogP) is 1.50. The van der Waals surface area contributed by atoms with Gasteiger partial charge in [-0.3, -0.25) is 16.3 Å². The smallest absolute Gasteiger partial charge is 0.108 e. The molecule has 0 radical (unpaired) electrons. The van der Waals surface area contributed by atoms with Gasteiger partial charge in [0.25, 0.3) is 0 Å². The molecule has 0 bridgehead atoms. The van der Waals surface area contributed by atoms with Gasteiger partial charge in [0.15, 0.2) is 0 Å². The average Bonchev–Trinajstić information content (AvgIpc) is 2.93.